The fraction of sp³-hybridized carbons (Fsp3) is 0.222. The lowest BCUT2D eigenvalue weighted by atomic mass is 10.0. The highest BCUT2D eigenvalue weighted by atomic mass is 28.3. The van der Waals surface area contributed by atoms with Gasteiger partial charge in [0.25, 0.3) is 0 Å². The van der Waals surface area contributed by atoms with Crippen molar-refractivity contribution in [3.05, 3.63) is 59.8 Å². The number of aromatic nitrogens is 1. The molecule has 1 nitrogen and oxygen atoms in total. The summed E-state index contributed by atoms with van der Waals surface area (Å²) in [6.45, 7) is 4.87. The molecule has 2 aromatic carbocycles. The first-order valence-corrected chi connectivity index (χ1v) is 10.6. The SMILES string of the molecule is C[SiH](C)Cn1c2c(c3ccccc31)-c1ccccc1C2. The Balaban J connectivity index is 2.05. The summed E-state index contributed by atoms with van der Waals surface area (Å²) in [5, 5.41) is 1.43. The van der Waals surface area contributed by atoms with Crippen LogP contribution >= 0.6 is 0 Å². The molecule has 0 N–H and O–H groups in total. The monoisotopic (exact) mass is 277 g/mol. The fourth-order valence-corrected chi connectivity index (χ4v) is 4.66. The van der Waals surface area contributed by atoms with Gasteiger partial charge in [0.2, 0.25) is 0 Å². The molecule has 2 heteroatoms. The van der Waals surface area contributed by atoms with Crippen molar-refractivity contribution < 1.29 is 0 Å². The summed E-state index contributed by atoms with van der Waals surface area (Å²) >= 11 is 0. The van der Waals surface area contributed by atoms with E-state index >= 15 is 0 Å². The van der Waals surface area contributed by atoms with E-state index in [4.69, 9.17) is 0 Å². The first kappa shape index (κ1) is 12.0. The second-order valence-corrected chi connectivity index (χ2v) is 9.33. The zero-order chi connectivity index (χ0) is 13.7. The largest absolute Gasteiger partial charge is 0.347 e. The predicted molar refractivity (Wildman–Crippen MR) is 89.1 cm³/mol. The highest BCUT2D eigenvalue weighted by Gasteiger charge is 2.25. The molecule has 0 amide bonds. The molecule has 100 valence electrons. The molecule has 1 heterocycles. The van der Waals surface area contributed by atoms with Crippen molar-refractivity contribution in [1.29, 1.82) is 0 Å². The molecule has 1 aromatic heterocycles. The van der Waals surface area contributed by atoms with Crippen LogP contribution in [0.25, 0.3) is 22.0 Å². The molecule has 0 saturated heterocycles. The normalized spacial score (nSPS) is 12.9. The summed E-state index contributed by atoms with van der Waals surface area (Å²) in [5.41, 5.74) is 7.39. The van der Waals surface area contributed by atoms with Crippen molar-refractivity contribution in [2.45, 2.75) is 25.7 Å². The molecular formula is C18H19NSi. The van der Waals surface area contributed by atoms with Crippen LogP contribution in [-0.2, 0) is 12.6 Å². The highest BCUT2D eigenvalue weighted by Crippen LogP contribution is 2.43. The van der Waals surface area contributed by atoms with Crippen molar-refractivity contribution in [1.82, 2.24) is 4.57 Å². The van der Waals surface area contributed by atoms with E-state index in [1.807, 2.05) is 0 Å². The van der Waals surface area contributed by atoms with Gasteiger partial charge in [-0.05, 0) is 17.2 Å². The molecule has 3 aromatic rings. The smallest absolute Gasteiger partial charge is 0.0541 e. The molecule has 0 unspecified atom stereocenters. The van der Waals surface area contributed by atoms with Gasteiger partial charge in [0.05, 0.1) is 8.80 Å². The number of nitrogens with zero attached hydrogens (tertiary/aromatic N) is 1. The molecule has 1 aliphatic rings. The average Bonchev–Trinajstić information content (AvgIpc) is 2.95. The number of hydrogen-bond acceptors (Lipinski definition) is 0. The lowest BCUT2D eigenvalue weighted by molar-refractivity contribution is 0.851. The van der Waals surface area contributed by atoms with Crippen LogP contribution in [0, 0.1) is 0 Å². The standard InChI is InChI=1S/C18H19NSi/c1-20(2)12-19-16-10-6-5-9-15(16)18-14-8-4-3-7-13(14)11-17(18)19/h3-10,20H,11-12H2,1-2H3. The topological polar surface area (TPSA) is 4.93 Å². The maximum atomic E-state index is 2.60. The summed E-state index contributed by atoms with van der Waals surface area (Å²) < 4.78 is 2.60. The molecule has 1 aliphatic carbocycles. The quantitative estimate of drug-likeness (QED) is 0.483. The van der Waals surface area contributed by atoms with E-state index in [1.54, 1.807) is 0 Å². The Morgan fingerprint density at radius 2 is 1.75 bits per heavy atom. The molecule has 0 spiro atoms. The second kappa shape index (κ2) is 4.35. The van der Waals surface area contributed by atoms with Crippen molar-refractivity contribution in [2.75, 3.05) is 0 Å². The average molecular weight is 277 g/mol. The molecule has 0 bridgehead atoms. The lowest BCUT2D eigenvalue weighted by Gasteiger charge is -2.11. The fourth-order valence-electron chi connectivity index (χ4n) is 3.51. The summed E-state index contributed by atoms with van der Waals surface area (Å²) in [6.07, 6.45) is 2.34. The minimum Gasteiger partial charge on any atom is -0.347 e. The van der Waals surface area contributed by atoms with Crippen LogP contribution < -0.4 is 0 Å². The van der Waals surface area contributed by atoms with Gasteiger partial charge in [-0.25, -0.2) is 0 Å². The van der Waals surface area contributed by atoms with E-state index in [9.17, 15) is 0 Å². The Hall–Kier alpha value is -1.80. The Kier molecular flexibility index (Phi) is 2.61. The predicted octanol–water partition coefficient (Wildman–Crippen LogP) is 4.24. The number of para-hydroxylation sites is 1. The van der Waals surface area contributed by atoms with Crippen molar-refractivity contribution in [3.8, 4) is 11.1 Å². The molecule has 0 fully saturated rings. The maximum Gasteiger partial charge on any atom is 0.0541 e. The number of benzene rings is 2. The summed E-state index contributed by atoms with van der Waals surface area (Å²) in [7, 11) is -0.640. The van der Waals surface area contributed by atoms with Gasteiger partial charge in [-0.15, -0.1) is 0 Å². The molecule has 0 saturated carbocycles. The van der Waals surface area contributed by atoms with Crippen LogP contribution in [0.1, 0.15) is 11.3 Å². The highest BCUT2D eigenvalue weighted by molar-refractivity contribution is 6.54. The number of fused-ring (bicyclic) bond motifs is 5. The van der Waals surface area contributed by atoms with E-state index in [0.717, 1.165) is 6.42 Å². The molecule has 4 rings (SSSR count). The van der Waals surface area contributed by atoms with Crippen molar-refractivity contribution >= 4 is 19.7 Å². The van der Waals surface area contributed by atoms with Gasteiger partial charge < -0.3 is 4.57 Å². The Morgan fingerprint density at radius 1 is 1.00 bits per heavy atom. The Bertz CT molecular complexity index is 798. The summed E-state index contributed by atoms with van der Waals surface area (Å²) in [5.74, 6) is 0. The van der Waals surface area contributed by atoms with E-state index in [2.05, 4.69) is 66.2 Å². The minimum atomic E-state index is -0.640. The van der Waals surface area contributed by atoms with Gasteiger partial charge in [0.15, 0.2) is 0 Å². The third-order valence-electron chi connectivity index (χ3n) is 4.27. The molecule has 20 heavy (non-hydrogen) atoms. The molecule has 0 radical (unpaired) electrons. The van der Waals surface area contributed by atoms with Gasteiger partial charge in [-0.2, -0.15) is 0 Å². The van der Waals surface area contributed by atoms with Crippen molar-refractivity contribution in [3.63, 3.8) is 0 Å². The lowest BCUT2D eigenvalue weighted by Crippen LogP contribution is -2.14. The van der Waals surface area contributed by atoms with Crippen molar-refractivity contribution in [2.24, 2.45) is 0 Å². The zero-order valence-corrected chi connectivity index (χ0v) is 13.2. The van der Waals surface area contributed by atoms with Crippen LogP contribution in [0.5, 0.6) is 0 Å². The summed E-state index contributed by atoms with van der Waals surface area (Å²) in [6, 6.07) is 17.8. The van der Waals surface area contributed by atoms with Gasteiger partial charge >= 0.3 is 0 Å². The Labute approximate surface area is 121 Å². The van der Waals surface area contributed by atoms with Gasteiger partial charge in [-0.1, -0.05) is 55.6 Å². The van der Waals surface area contributed by atoms with Crippen LogP contribution in [0.15, 0.2) is 48.5 Å². The van der Waals surface area contributed by atoms with Crippen LogP contribution in [0.2, 0.25) is 13.1 Å². The first-order chi connectivity index (χ1) is 9.75. The van der Waals surface area contributed by atoms with Gasteiger partial charge in [0.1, 0.15) is 0 Å². The van der Waals surface area contributed by atoms with Crippen LogP contribution in [0.4, 0.5) is 0 Å². The third-order valence-corrected chi connectivity index (χ3v) is 5.37. The molecule has 0 atom stereocenters. The van der Waals surface area contributed by atoms with E-state index in [0.29, 0.717) is 0 Å². The van der Waals surface area contributed by atoms with Crippen LogP contribution in [-0.4, -0.2) is 13.4 Å². The number of rotatable bonds is 2. The maximum absolute atomic E-state index is 2.60. The van der Waals surface area contributed by atoms with E-state index in [-0.39, 0.29) is 0 Å². The summed E-state index contributed by atoms with van der Waals surface area (Å²) in [4.78, 5) is 0. The molecule has 0 aliphatic heterocycles. The third kappa shape index (κ3) is 1.61. The first-order valence-electron chi connectivity index (χ1n) is 7.44. The minimum absolute atomic E-state index is 0.640. The van der Waals surface area contributed by atoms with Gasteiger partial charge in [0, 0.05) is 34.7 Å². The Morgan fingerprint density at radius 3 is 2.60 bits per heavy atom. The zero-order valence-electron chi connectivity index (χ0n) is 12.1. The number of hydrogen-bond donors (Lipinski definition) is 0. The van der Waals surface area contributed by atoms with E-state index in [1.165, 1.54) is 39.5 Å². The van der Waals surface area contributed by atoms with E-state index < -0.39 is 8.80 Å². The van der Waals surface area contributed by atoms with Gasteiger partial charge in [-0.3, -0.25) is 0 Å². The second-order valence-electron chi connectivity index (χ2n) is 6.18. The van der Waals surface area contributed by atoms with Crippen LogP contribution in [0.3, 0.4) is 0 Å². The molecular weight excluding hydrogens is 258 g/mol.